The first-order chi connectivity index (χ1) is 6.00. The van der Waals surface area contributed by atoms with E-state index < -0.39 is 0 Å². The number of hydrogen-bond donors (Lipinski definition) is 1. The number of halogens is 4. The normalized spacial score (nSPS) is 10.5. The van der Waals surface area contributed by atoms with Crippen LogP contribution < -0.4 is 0 Å². The zero-order valence-electron chi connectivity index (χ0n) is 6.37. The highest BCUT2D eigenvalue weighted by molar-refractivity contribution is 7.98. The van der Waals surface area contributed by atoms with Crippen LogP contribution in [0.5, 0.6) is 5.75 Å². The Morgan fingerprint density at radius 2 is 1.31 bits per heavy atom. The van der Waals surface area contributed by atoms with Crippen LogP contribution in [0, 0.1) is 0 Å². The van der Waals surface area contributed by atoms with Crippen molar-refractivity contribution in [3.8, 4) is 5.75 Å². The van der Waals surface area contributed by atoms with E-state index in [9.17, 15) is 5.11 Å². The van der Waals surface area contributed by atoms with Crippen molar-refractivity contribution in [2.75, 3.05) is 6.26 Å². The van der Waals surface area contributed by atoms with Gasteiger partial charge < -0.3 is 5.11 Å². The fourth-order valence-electron chi connectivity index (χ4n) is 0.779. The molecule has 0 radical (unpaired) electrons. The molecule has 13 heavy (non-hydrogen) atoms. The van der Waals surface area contributed by atoms with Crippen molar-refractivity contribution in [2.45, 2.75) is 4.90 Å². The molecule has 1 nitrogen and oxygen atoms in total. The highest BCUT2D eigenvalue weighted by atomic mass is 35.5. The van der Waals surface area contributed by atoms with Crippen LogP contribution in [-0.4, -0.2) is 11.4 Å². The van der Waals surface area contributed by atoms with Crippen LogP contribution in [0.15, 0.2) is 4.90 Å². The monoisotopic (exact) mass is 276 g/mol. The van der Waals surface area contributed by atoms with Gasteiger partial charge >= 0.3 is 0 Å². The molecule has 72 valence electrons. The minimum atomic E-state index is -0.281. The van der Waals surface area contributed by atoms with E-state index in [1.54, 1.807) is 6.26 Å². The predicted octanol–water partition coefficient (Wildman–Crippen LogP) is 4.73. The minimum absolute atomic E-state index is 0.0282. The van der Waals surface area contributed by atoms with Gasteiger partial charge in [-0.25, -0.2) is 0 Å². The third-order valence-electron chi connectivity index (χ3n) is 1.40. The molecule has 0 amide bonds. The molecule has 0 aliphatic rings. The van der Waals surface area contributed by atoms with E-state index in [2.05, 4.69) is 0 Å². The molecule has 0 aliphatic carbocycles. The summed E-state index contributed by atoms with van der Waals surface area (Å²) in [5.74, 6) is -0.281. The minimum Gasteiger partial charge on any atom is -0.505 e. The van der Waals surface area contributed by atoms with E-state index in [-0.39, 0.29) is 25.8 Å². The molecule has 0 spiro atoms. The van der Waals surface area contributed by atoms with Crippen molar-refractivity contribution < 1.29 is 5.11 Å². The largest absolute Gasteiger partial charge is 0.505 e. The maximum Gasteiger partial charge on any atom is 0.155 e. The average molecular weight is 278 g/mol. The molecule has 1 rings (SSSR count). The molecule has 0 atom stereocenters. The van der Waals surface area contributed by atoms with Gasteiger partial charge in [-0.1, -0.05) is 46.4 Å². The van der Waals surface area contributed by atoms with E-state index in [4.69, 9.17) is 46.4 Å². The summed E-state index contributed by atoms with van der Waals surface area (Å²) in [4.78, 5) is 0.566. The van der Waals surface area contributed by atoms with Crippen LogP contribution in [0.25, 0.3) is 0 Å². The van der Waals surface area contributed by atoms with Crippen molar-refractivity contribution in [2.24, 2.45) is 0 Å². The highest BCUT2D eigenvalue weighted by Gasteiger charge is 2.18. The van der Waals surface area contributed by atoms with Gasteiger partial charge in [-0.2, -0.15) is 0 Å². The number of aromatic hydroxyl groups is 1. The van der Waals surface area contributed by atoms with Gasteiger partial charge in [0.15, 0.2) is 5.75 Å². The van der Waals surface area contributed by atoms with Crippen molar-refractivity contribution in [1.29, 1.82) is 0 Å². The molecule has 1 N–H and O–H groups in total. The van der Waals surface area contributed by atoms with Crippen molar-refractivity contribution in [3.63, 3.8) is 0 Å². The Labute approximate surface area is 99.9 Å². The van der Waals surface area contributed by atoms with Gasteiger partial charge in [0.25, 0.3) is 0 Å². The third-order valence-corrected chi connectivity index (χ3v) is 4.13. The molecular formula is C7H4Cl4OS. The summed E-state index contributed by atoms with van der Waals surface area (Å²) in [5, 5.41) is 9.85. The first-order valence-corrected chi connectivity index (χ1v) is 5.83. The number of rotatable bonds is 1. The van der Waals surface area contributed by atoms with Crippen LogP contribution >= 0.6 is 58.2 Å². The Morgan fingerprint density at radius 1 is 0.923 bits per heavy atom. The van der Waals surface area contributed by atoms with Crippen molar-refractivity contribution >= 4 is 58.2 Å². The summed E-state index contributed by atoms with van der Waals surface area (Å²) in [6.07, 6.45) is 1.79. The Kier molecular flexibility index (Phi) is 3.90. The molecule has 0 fully saturated rings. The molecule has 0 heterocycles. The van der Waals surface area contributed by atoms with Gasteiger partial charge in [0.2, 0.25) is 0 Å². The van der Waals surface area contributed by atoms with E-state index in [0.29, 0.717) is 4.90 Å². The lowest BCUT2D eigenvalue weighted by Crippen LogP contribution is -1.82. The van der Waals surface area contributed by atoms with Gasteiger partial charge in [0.1, 0.15) is 10.0 Å². The van der Waals surface area contributed by atoms with Crippen LogP contribution in [0.3, 0.4) is 0 Å². The molecule has 1 aromatic rings. The molecule has 1 aromatic carbocycles. The lowest BCUT2D eigenvalue weighted by atomic mass is 10.3. The molecule has 0 aromatic heterocycles. The summed E-state index contributed by atoms with van der Waals surface area (Å²) >= 11 is 24.4. The van der Waals surface area contributed by atoms with E-state index in [1.807, 2.05) is 0 Å². The number of phenols is 1. The van der Waals surface area contributed by atoms with Crippen molar-refractivity contribution in [1.82, 2.24) is 0 Å². The van der Waals surface area contributed by atoms with Crippen molar-refractivity contribution in [3.05, 3.63) is 20.1 Å². The fraction of sp³-hybridized carbons (Fsp3) is 0.143. The Bertz CT molecular complexity index is 324. The van der Waals surface area contributed by atoms with Gasteiger partial charge in [0, 0.05) is 4.90 Å². The van der Waals surface area contributed by atoms with Gasteiger partial charge in [-0.15, -0.1) is 11.8 Å². The molecular weight excluding hydrogens is 274 g/mol. The summed E-state index contributed by atoms with van der Waals surface area (Å²) in [6.45, 7) is 0. The number of thioether (sulfide) groups is 1. The Morgan fingerprint density at radius 3 is 1.62 bits per heavy atom. The lowest BCUT2D eigenvalue weighted by Gasteiger charge is -2.09. The highest BCUT2D eigenvalue weighted by Crippen LogP contribution is 2.48. The number of hydrogen-bond acceptors (Lipinski definition) is 2. The number of phenolic OH excluding ortho intramolecular Hbond substituents is 1. The molecule has 0 unspecified atom stereocenters. The fourth-order valence-corrected chi connectivity index (χ4v) is 2.76. The molecule has 0 bridgehead atoms. The first-order valence-electron chi connectivity index (χ1n) is 3.09. The van der Waals surface area contributed by atoms with E-state index in [1.165, 1.54) is 11.8 Å². The molecule has 0 aliphatic heterocycles. The van der Waals surface area contributed by atoms with Crippen LogP contribution in [0.1, 0.15) is 0 Å². The summed E-state index contributed by atoms with van der Waals surface area (Å²) in [5.41, 5.74) is 0. The smallest absolute Gasteiger partial charge is 0.155 e. The summed E-state index contributed by atoms with van der Waals surface area (Å²) in [6, 6.07) is 0. The second-order valence-electron chi connectivity index (χ2n) is 2.14. The molecule has 6 heteroatoms. The predicted molar refractivity (Wildman–Crippen MR) is 59.9 cm³/mol. The van der Waals surface area contributed by atoms with Crippen LogP contribution in [0.2, 0.25) is 20.1 Å². The average Bonchev–Trinajstić information content (AvgIpc) is 2.13. The SMILES string of the molecule is CSc1c(Cl)c(Cl)c(O)c(Cl)c1Cl. The lowest BCUT2D eigenvalue weighted by molar-refractivity contribution is 0.475. The van der Waals surface area contributed by atoms with Gasteiger partial charge in [-0.3, -0.25) is 0 Å². The van der Waals surface area contributed by atoms with Crippen LogP contribution in [-0.2, 0) is 0 Å². The maximum atomic E-state index is 9.35. The summed E-state index contributed by atoms with van der Waals surface area (Å²) < 4.78 is 0. The standard InChI is InChI=1S/C7H4Cl4OS/c1-13-7-4(10)2(8)6(12)3(9)5(7)11/h12H,1H3. The first kappa shape index (κ1) is 11.6. The quantitative estimate of drug-likeness (QED) is 0.592. The Hall–Kier alpha value is 0.530. The van der Waals surface area contributed by atoms with E-state index in [0.717, 1.165) is 0 Å². The zero-order chi connectivity index (χ0) is 10.2. The zero-order valence-corrected chi connectivity index (χ0v) is 10.2. The summed E-state index contributed by atoms with van der Waals surface area (Å²) in [7, 11) is 0. The van der Waals surface area contributed by atoms with Gasteiger partial charge in [-0.05, 0) is 6.26 Å². The second-order valence-corrected chi connectivity index (χ2v) is 4.47. The maximum absolute atomic E-state index is 9.35. The second kappa shape index (κ2) is 4.37. The molecule has 0 saturated heterocycles. The van der Waals surface area contributed by atoms with Gasteiger partial charge in [0.05, 0.1) is 10.0 Å². The van der Waals surface area contributed by atoms with Crippen LogP contribution in [0.4, 0.5) is 0 Å². The number of benzene rings is 1. The molecule has 0 saturated carbocycles. The van der Waals surface area contributed by atoms with E-state index >= 15 is 0 Å². The topological polar surface area (TPSA) is 20.2 Å². The third kappa shape index (κ3) is 1.97. The Balaban J connectivity index is 3.56.